The van der Waals surface area contributed by atoms with Gasteiger partial charge in [-0.05, 0) is 36.7 Å². The van der Waals surface area contributed by atoms with Crippen LogP contribution in [-0.2, 0) is 27.8 Å². The van der Waals surface area contributed by atoms with Crippen LogP contribution < -0.4 is 4.90 Å². The molecule has 2 aliphatic heterocycles. The number of ether oxygens (including phenoxy) is 1. The van der Waals surface area contributed by atoms with E-state index >= 15 is 0 Å². The van der Waals surface area contributed by atoms with Gasteiger partial charge in [-0.2, -0.15) is 8.42 Å². The molecule has 0 aromatic heterocycles. The summed E-state index contributed by atoms with van der Waals surface area (Å²) in [5.74, 6) is -0.407. The lowest BCUT2D eigenvalue weighted by molar-refractivity contribution is 0.139. The first-order valence-electron chi connectivity index (χ1n) is 7.55. The zero-order chi connectivity index (χ0) is 16.6. The first-order chi connectivity index (χ1) is 10.8. The Balaban J connectivity index is 1.71. The lowest BCUT2D eigenvalue weighted by atomic mass is 9.99. The molecule has 2 aliphatic rings. The Morgan fingerprint density at radius 2 is 2.13 bits per heavy atom. The zero-order valence-electron chi connectivity index (χ0n) is 12.9. The van der Waals surface area contributed by atoms with Gasteiger partial charge in [-0.25, -0.2) is 4.79 Å². The summed E-state index contributed by atoms with van der Waals surface area (Å²) >= 11 is 0. The Kier molecular flexibility index (Phi) is 4.31. The number of nitrogens with zero attached hydrogens (tertiary/aromatic N) is 2. The number of carbonyl (C=O) groups is 1. The second-order valence-electron chi connectivity index (χ2n) is 6.13. The second kappa shape index (κ2) is 6.10. The molecular weight excluding hydrogens is 320 g/mol. The molecule has 0 aliphatic carbocycles. The maximum Gasteiger partial charge on any atom is 0.414 e. The van der Waals surface area contributed by atoms with Crippen molar-refractivity contribution < 1.29 is 22.5 Å². The summed E-state index contributed by atoms with van der Waals surface area (Å²) in [6.45, 7) is 2.18. The van der Waals surface area contributed by atoms with Crippen molar-refractivity contribution in [2.75, 3.05) is 30.8 Å². The van der Waals surface area contributed by atoms with Gasteiger partial charge < -0.3 is 9.64 Å². The summed E-state index contributed by atoms with van der Waals surface area (Å²) in [5, 5.41) is 0. The number of likely N-dealkylation sites (N-methyl/N-ethyl adjacent to an activating group) is 1. The number of rotatable bonds is 4. The summed E-state index contributed by atoms with van der Waals surface area (Å²) in [6.07, 6.45) is 0.0377. The van der Waals surface area contributed by atoms with Crippen LogP contribution in [0.5, 0.6) is 0 Å². The van der Waals surface area contributed by atoms with Crippen molar-refractivity contribution in [3.63, 3.8) is 0 Å². The number of amides is 1. The van der Waals surface area contributed by atoms with Crippen molar-refractivity contribution in [2.45, 2.75) is 25.5 Å². The molecule has 7 nitrogen and oxygen atoms in total. The average molecular weight is 340 g/mol. The zero-order valence-corrected chi connectivity index (χ0v) is 13.8. The number of benzene rings is 1. The number of cyclic esters (lactones) is 1. The Hall–Kier alpha value is -1.64. The largest absolute Gasteiger partial charge is 0.444 e. The van der Waals surface area contributed by atoms with Crippen molar-refractivity contribution in [3.05, 3.63) is 29.3 Å². The van der Waals surface area contributed by atoms with Crippen LogP contribution in [0.15, 0.2) is 18.2 Å². The van der Waals surface area contributed by atoms with Gasteiger partial charge >= 0.3 is 6.09 Å². The lowest BCUT2D eigenvalue weighted by Gasteiger charge is -2.26. The third-order valence-corrected chi connectivity index (χ3v) is 5.03. The van der Waals surface area contributed by atoms with E-state index in [-0.39, 0.29) is 6.42 Å². The molecule has 23 heavy (non-hydrogen) atoms. The fourth-order valence-electron chi connectivity index (χ4n) is 3.01. The summed E-state index contributed by atoms with van der Waals surface area (Å²) in [6, 6.07) is 5.93. The minimum atomic E-state index is -4.04. The Morgan fingerprint density at radius 3 is 2.87 bits per heavy atom. The highest BCUT2D eigenvalue weighted by Gasteiger charge is 2.33. The Morgan fingerprint density at radius 1 is 1.35 bits per heavy atom. The van der Waals surface area contributed by atoms with E-state index in [1.807, 2.05) is 18.2 Å². The summed E-state index contributed by atoms with van der Waals surface area (Å²) < 4.78 is 35.6. The van der Waals surface area contributed by atoms with Gasteiger partial charge in [0.15, 0.2) is 0 Å². The Labute approximate surface area is 135 Å². The van der Waals surface area contributed by atoms with Gasteiger partial charge in [0, 0.05) is 25.2 Å². The van der Waals surface area contributed by atoms with E-state index in [4.69, 9.17) is 9.29 Å². The molecule has 1 amide bonds. The number of hydrogen-bond acceptors (Lipinski definition) is 5. The third-order valence-electron chi connectivity index (χ3n) is 4.28. The monoisotopic (exact) mass is 340 g/mol. The average Bonchev–Trinajstić information content (AvgIpc) is 2.85. The first kappa shape index (κ1) is 16.2. The minimum Gasteiger partial charge on any atom is -0.444 e. The summed E-state index contributed by atoms with van der Waals surface area (Å²) in [7, 11) is -1.97. The topological polar surface area (TPSA) is 87.2 Å². The number of anilines is 1. The molecule has 1 N–H and O–H groups in total. The summed E-state index contributed by atoms with van der Waals surface area (Å²) in [5.41, 5.74) is 3.26. The van der Waals surface area contributed by atoms with Gasteiger partial charge in [0.2, 0.25) is 0 Å². The fraction of sp³-hybridized carbons (Fsp3) is 0.533. The third kappa shape index (κ3) is 3.82. The molecular formula is C15H20N2O5S. The molecule has 1 aromatic rings. The van der Waals surface area contributed by atoms with Crippen molar-refractivity contribution in [3.8, 4) is 0 Å². The molecule has 1 unspecified atom stereocenters. The molecule has 3 rings (SSSR count). The maximum absolute atomic E-state index is 12.0. The van der Waals surface area contributed by atoms with Gasteiger partial charge in [0.1, 0.15) is 6.10 Å². The van der Waals surface area contributed by atoms with Crippen LogP contribution in [-0.4, -0.2) is 56.0 Å². The predicted molar refractivity (Wildman–Crippen MR) is 85.1 cm³/mol. The Bertz CT molecular complexity index is 719. The standard InChI is InChI=1S/C15H20N2O5S/c1-16-6-4-11-8-13(3-2-12(11)9-16)17-10-14(22-15(17)18)5-7-23(19,20)21/h2-3,8,14H,4-7,9-10H2,1H3,(H,19,20,21). The number of carbonyl (C=O) groups excluding carboxylic acids is 1. The molecule has 0 saturated carbocycles. The van der Waals surface area contributed by atoms with Gasteiger partial charge in [0.25, 0.3) is 10.1 Å². The van der Waals surface area contributed by atoms with E-state index in [1.54, 1.807) is 0 Å². The highest BCUT2D eigenvalue weighted by molar-refractivity contribution is 7.85. The van der Waals surface area contributed by atoms with Crippen LogP contribution in [0.4, 0.5) is 10.5 Å². The van der Waals surface area contributed by atoms with Crippen LogP contribution in [0.2, 0.25) is 0 Å². The molecule has 1 fully saturated rings. The molecule has 8 heteroatoms. The number of fused-ring (bicyclic) bond motifs is 1. The van der Waals surface area contributed by atoms with E-state index in [2.05, 4.69) is 11.9 Å². The van der Waals surface area contributed by atoms with E-state index in [9.17, 15) is 13.2 Å². The first-order valence-corrected chi connectivity index (χ1v) is 9.16. The molecule has 0 bridgehead atoms. The van der Waals surface area contributed by atoms with Gasteiger partial charge in [-0.15, -0.1) is 0 Å². The van der Waals surface area contributed by atoms with Crippen LogP contribution in [0.3, 0.4) is 0 Å². The molecule has 1 saturated heterocycles. The highest BCUT2D eigenvalue weighted by atomic mass is 32.2. The van der Waals surface area contributed by atoms with Crippen LogP contribution in [0, 0.1) is 0 Å². The number of hydrogen-bond donors (Lipinski definition) is 1. The molecule has 0 radical (unpaired) electrons. The van der Waals surface area contributed by atoms with E-state index in [1.165, 1.54) is 16.0 Å². The van der Waals surface area contributed by atoms with Crippen LogP contribution in [0.25, 0.3) is 0 Å². The van der Waals surface area contributed by atoms with Crippen LogP contribution >= 0.6 is 0 Å². The molecule has 1 atom stereocenters. The van der Waals surface area contributed by atoms with Gasteiger partial charge in [0.05, 0.1) is 12.3 Å². The van der Waals surface area contributed by atoms with E-state index in [0.29, 0.717) is 6.54 Å². The van der Waals surface area contributed by atoms with E-state index in [0.717, 1.165) is 25.2 Å². The predicted octanol–water partition coefficient (Wildman–Crippen LogP) is 1.28. The second-order valence-corrected chi connectivity index (χ2v) is 7.70. The smallest absolute Gasteiger partial charge is 0.414 e. The molecule has 0 spiro atoms. The van der Waals surface area contributed by atoms with E-state index < -0.39 is 28.1 Å². The normalized spacial score (nSPS) is 22.1. The molecule has 126 valence electrons. The highest BCUT2D eigenvalue weighted by Crippen LogP contribution is 2.28. The SMILES string of the molecule is CN1CCc2cc(N3CC(CCS(=O)(=O)O)OC3=O)ccc2C1. The summed E-state index contributed by atoms with van der Waals surface area (Å²) in [4.78, 5) is 15.8. The molecule has 2 heterocycles. The molecule has 1 aromatic carbocycles. The van der Waals surface area contributed by atoms with Crippen LogP contribution in [0.1, 0.15) is 17.5 Å². The lowest BCUT2D eigenvalue weighted by Crippen LogP contribution is -2.28. The van der Waals surface area contributed by atoms with Gasteiger partial charge in [-0.1, -0.05) is 6.07 Å². The quantitative estimate of drug-likeness (QED) is 0.831. The van der Waals surface area contributed by atoms with Crippen molar-refractivity contribution in [1.29, 1.82) is 0 Å². The van der Waals surface area contributed by atoms with Crippen molar-refractivity contribution in [2.24, 2.45) is 0 Å². The minimum absolute atomic E-state index is 0.0941. The van der Waals surface area contributed by atoms with Crippen molar-refractivity contribution >= 4 is 21.9 Å². The fourth-order valence-corrected chi connectivity index (χ4v) is 3.57. The van der Waals surface area contributed by atoms with Gasteiger partial charge in [-0.3, -0.25) is 9.45 Å². The van der Waals surface area contributed by atoms with Crippen molar-refractivity contribution in [1.82, 2.24) is 4.90 Å². The maximum atomic E-state index is 12.0.